The molecule has 6 heteroatoms. The van der Waals surface area contributed by atoms with Crippen LogP contribution in [0.2, 0.25) is 0 Å². The summed E-state index contributed by atoms with van der Waals surface area (Å²) in [4.78, 5) is 14.5. The Morgan fingerprint density at radius 2 is 1.89 bits per heavy atom. The Kier molecular flexibility index (Phi) is 4.07. The zero-order chi connectivity index (χ0) is 19.4. The molecule has 0 saturated carbocycles. The lowest BCUT2D eigenvalue weighted by Gasteiger charge is -2.28. The van der Waals surface area contributed by atoms with Gasteiger partial charge in [-0.05, 0) is 35.6 Å². The smallest absolute Gasteiger partial charge is 0.372 e. The minimum absolute atomic E-state index is 0.181. The molecule has 2 aromatic carbocycles. The maximum atomic E-state index is 13.9. The number of hydrogen-bond donors (Lipinski definition) is 1. The van der Waals surface area contributed by atoms with Gasteiger partial charge in [-0.2, -0.15) is 13.2 Å². The number of alkyl halides is 3. The van der Waals surface area contributed by atoms with E-state index in [4.69, 9.17) is 0 Å². The van der Waals surface area contributed by atoms with E-state index in [2.05, 4.69) is 6.92 Å². The standard InChI is InChI=1S/C21H20F3NO2/c1-2-13-9-10-25(12-13)19(26)14-7-8-16-15-5-3-4-6-17(15)20(27,18(16)11-14)21(22,23)24/h3-8,11,13,27H,2,9-10,12H2,1H3. The zero-order valence-corrected chi connectivity index (χ0v) is 14.9. The van der Waals surface area contributed by atoms with Gasteiger partial charge in [0.25, 0.3) is 5.91 Å². The molecule has 142 valence electrons. The highest BCUT2D eigenvalue weighted by Crippen LogP contribution is 2.55. The number of aliphatic hydroxyl groups is 1. The van der Waals surface area contributed by atoms with Crippen LogP contribution in [0.4, 0.5) is 13.2 Å². The average molecular weight is 375 g/mol. The Morgan fingerprint density at radius 3 is 2.56 bits per heavy atom. The second-order valence-corrected chi connectivity index (χ2v) is 7.33. The van der Waals surface area contributed by atoms with Gasteiger partial charge >= 0.3 is 6.18 Å². The van der Waals surface area contributed by atoms with Crippen molar-refractivity contribution >= 4 is 5.91 Å². The topological polar surface area (TPSA) is 40.5 Å². The molecule has 1 heterocycles. The fourth-order valence-corrected chi connectivity index (χ4v) is 4.23. The van der Waals surface area contributed by atoms with Crippen molar-refractivity contribution in [2.24, 2.45) is 5.92 Å². The van der Waals surface area contributed by atoms with E-state index < -0.39 is 11.8 Å². The van der Waals surface area contributed by atoms with E-state index in [1.54, 1.807) is 23.1 Å². The van der Waals surface area contributed by atoms with Gasteiger partial charge in [-0.25, -0.2) is 0 Å². The number of amides is 1. The predicted molar refractivity (Wildman–Crippen MR) is 95.2 cm³/mol. The molecule has 0 spiro atoms. The van der Waals surface area contributed by atoms with Crippen LogP contribution in [0.1, 0.15) is 41.3 Å². The van der Waals surface area contributed by atoms with Crippen molar-refractivity contribution in [3.63, 3.8) is 0 Å². The number of nitrogens with zero attached hydrogens (tertiary/aromatic N) is 1. The van der Waals surface area contributed by atoms with Crippen molar-refractivity contribution in [1.82, 2.24) is 4.90 Å². The highest BCUT2D eigenvalue weighted by molar-refractivity contribution is 5.96. The first kappa shape index (κ1) is 18.0. The number of carbonyl (C=O) groups excluding carboxylic acids is 1. The van der Waals surface area contributed by atoms with Gasteiger partial charge in [-0.15, -0.1) is 0 Å². The summed E-state index contributed by atoms with van der Waals surface area (Å²) in [6.07, 6.45) is -3.01. The maximum absolute atomic E-state index is 13.9. The van der Waals surface area contributed by atoms with Gasteiger partial charge in [0, 0.05) is 29.8 Å². The number of fused-ring (bicyclic) bond motifs is 3. The van der Waals surface area contributed by atoms with Crippen LogP contribution >= 0.6 is 0 Å². The van der Waals surface area contributed by atoms with E-state index in [0.717, 1.165) is 12.8 Å². The number of rotatable bonds is 2. The van der Waals surface area contributed by atoms with Crippen LogP contribution in [-0.4, -0.2) is 35.2 Å². The first-order chi connectivity index (χ1) is 12.8. The van der Waals surface area contributed by atoms with Crippen molar-refractivity contribution < 1.29 is 23.1 Å². The van der Waals surface area contributed by atoms with Crippen LogP contribution in [0.15, 0.2) is 42.5 Å². The van der Waals surface area contributed by atoms with Crippen LogP contribution < -0.4 is 0 Å². The van der Waals surface area contributed by atoms with Gasteiger partial charge in [0.05, 0.1) is 0 Å². The maximum Gasteiger partial charge on any atom is 0.425 e. The number of benzene rings is 2. The van der Waals surface area contributed by atoms with Crippen LogP contribution in [-0.2, 0) is 5.60 Å². The molecule has 1 amide bonds. The summed E-state index contributed by atoms with van der Waals surface area (Å²) in [6.45, 7) is 3.29. The molecule has 4 rings (SSSR count). The van der Waals surface area contributed by atoms with Crippen molar-refractivity contribution in [3.8, 4) is 11.1 Å². The fourth-order valence-electron chi connectivity index (χ4n) is 4.23. The number of carbonyl (C=O) groups is 1. The highest BCUT2D eigenvalue weighted by Gasteiger charge is 2.60. The molecule has 2 aromatic rings. The van der Waals surface area contributed by atoms with Gasteiger partial charge in [0.1, 0.15) is 0 Å². The normalized spacial score (nSPS) is 24.0. The molecule has 1 fully saturated rings. The summed E-state index contributed by atoms with van der Waals surface area (Å²) in [7, 11) is 0. The molecule has 2 unspecified atom stereocenters. The number of hydrogen-bond acceptors (Lipinski definition) is 2. The Morgan fingerprint density at radius 1 is 1.19 bits per heavy atom. The third kappa shape index (κ3) is 2.57. The van der Waals surface area contributed by atoms with Crippen LogP contribution in [0.5, 0.6) is 0 Å². The molecule has 1 saturated heterocycles. The molecule has 3 nitrogen and oxygen atoms in total. The summed E-state index contributed by atoms with van der Waals surface area (Å²) < 4.78 is 41.7. The highest BCUT2D eigenvalue weighted by atomic mass is 19.4. The van der Waals surface area contributed by atoms with E-state index in [1.807, 2.05) is 0 Å². The summed E-state index contributed by atoms with van der Waals surface area (Å²) >= 11 is 0. The van der Waals surface area contributed by atoms with Crippen LogP contribution in [0.25, 0.3) is 11.1 Å². The van der Waals surface area contributed by atoms with Gasteiger partial charge in [0.15, 0.2) is 0 Å². The first-order valence-corrected chi connectivity index (χ1v) is 9.10. The first-order valence-electron chi connectivity index (χ1n) is 9.10. The molecule has 0 radical (unpaired) electrons. The van der Waals surface area contributed by atoms with Crippen molar-refractivity contribution in [3.05, 3.63) is 59.2 Å². The third-order valence-corrected chi connectivity index (χ3v) is 5.82. The second kappa shape index (κ2) is 6.09. The third-order valence-electron chi connectivity index (χ3n) is 5.82. The molecular formula is C21H20F3NO2. The quantitative estimate of drug-likeness (QED) is 0.848. The lowest BCUT2D eigenvalue weighted by molar-refractivity contribution is -0.246. The van der Waals surface area contributed by atoms with Gasteiger partial charge in [0.2, 0.25) is 5.60 Å². The Bertz CT molecular complexity index is 909. The molecule has 0 aromatic heterocycles. The molecule has 0 bridgehead atoms. The molecular weight excluding hydrogens is 355 g/mol. The predicted octanol–water partition coefficient (Wildman–Crippen LogP) is 4.34. The fraction of sp³-hybridized carbons (Fsp3) is 0.381. The van der Waals surface area contributed by atoms with Crippen molar-refractivity contribution in [2.45, 2.75) is 31.5 Å². The van der Waals surface area contributed by atoms with E-state index in [-0.39, 0.29) is 22.6 Å². The van der Waals surface area contributed by atoms with E-state index in [1.165, 1.54) is 24.3 Å². The van der Waals surface area contributed by atoms with Crippen molar-refractivity contribution in [1.29, 1.82) is 0 Å². The SMILES string of the molecule is CCC1CCN(C(=O)c2ccc3c(c2)C(O)(C(F)(F)F)c2ccccc2-3)C1. The molecule has 2 aliphatic rings. The largest absolute Gasteiger partial charge is 0.425 e. The average Bonchev–Trinajstić information content (AvgIpc) is 3.23. The summed E-state index contributed by atoms with van der Waals surface area (Å²) in [6, 6.07) is 10.2. The van der Waals surface area contributed by atoms with E-state index in [0.29, 0.717) is 30.1 Å². The Balaban J connectivity index is 1.79. The van der Waals surface area contributed by atoms with Crippen LogP contribution in [0.3, 0.4) is 0 Å². The van der Waals surface area contributed by atoms with Gasteiger partial charge in [-0.3, -0.25) is 4.79 Å². The van der Waals surface area contributed by atoms with Crippen LogP contribution in [0, 0.1) is 5.92 Å². The lowest BCUT2D eigenvalue weighted by Crippen LogP contribution is -2.41. The molecule has 2 atom stereocenters. The summed E-state index contributed by atoms with van der Waals surface area (Å²) in [5, 5.41) is 10.7. The zero-order valence-electron chi connectivity index (χ0n) is 14.9. The summed E-state index contributed by atoms with van der Waals surface area (Å²) in [5.74, 6) is 0.147. The molecule has 27 heavy (non-hydrogen) atoms. The molecule has 1 aliphatic carbocycles. The van der Waals surface area contributed by atoms with Gasteiger partial charge < -0.3 is 10.0 Å². The molecule has 1 aliphatic heterocycles. The Labute approximate surface area is 155 Å². The minimum atomic E-state index is -4.89. The second-order valence-electron chi connectivity index (χ2n) is 7.33. The van der Waals surface area contributed by atoms with E-state index >= 15 is 0 Å². The summed E-state index contributed by atoms with van der Waals surface area (Å²) in [5.41, 5.74) is -2.72. The molecule has 1 N–H and O–H groups in total. The van der Waals surface area contributed by atoms with Crippen molar-refractivity contribution in [2.75, 3.05) is 13.1 Å². The Hall–Kier alpha value is -2.34. The number of halogens is 3. The minimum Gasteiger partial charge on any atom is -0.372 e. The monoisotopic (exact) mass is 375 g/mol. The lowest BCUT2D eigenvalue weighted by atomic mass is 9.90. The number of likely N-dealkylation sites (tertiary alicyclic amines) is 1. The van der Waals surface area contributed by atoms with Gasteiger partial charge in [-0.1, -0.05) is 43.7 Å². The van der Waals surface area contributed by atoms with E-state index in [9.17, 15) is 23.1 Å².